The summed E-state index contributed by atoms with van der Waals surface area (Å²) < 4.78 is 2.98. The first-order valence-electron chi connectivity index (χ1n) is 9.76. The second-order valence-electron chi connectivity index (χ2n) is 7.29. The summed E-state index contributed by atoms with van der Waals surface area (Å²) in [7, 11) is 0. The van der Waals surface area contributed by atoms with Gasteiger partial charge in [0.05, 0.1) is 23.6 Å². The molecule has 0 aliphatic carbocycles. The maximum Gasteiger partial charge on any atom is 0.332 e. The van der Waals surface area contributed by atoms with Crippen molar-refractivity contribution in [3.8, 4) is 6.07 Å². The highest BCUT2D eigenvalue weighted by molar-refractivity contribution is 7.18. The van der Waals surface area contributed by atoms with E-state index in [-0.39, 0.29) is 17.8 Å². The third kappa shape index (κ3) is 3.49. The van der Waals surface area contributed by atoms with Gasteiger partial charge in [0.1, 0.15) is 4.83 Å². The van der Waals surface area contributed by atoms with E-state index in [9.17, 15) is 14.9 Å². The first-order chi connectivity index (χ1) is 14.5. The molecule has 4 aromatic rings. The van der Waals surface area contributed by atoms with Crippen molar-refractivity contribution >= 4 is 21.6 Å². The van der Waals surface area contributed by atoms with E-state index in [1.807, 2.05) is 56.3 Å². The minimum atomic E-state index is -0.336. The molecule has 0 saturated carbocycles. The number of fused-ring (bicyclic) bond motifs is 1. The van der Waals surface area contributed by atoms with E-state index in [0.29, 0.717) is 28.7 Å². The van der Waals surface area contributed by atoms with E-state index < -0.39 is 0 Å². The molecular formula is C24H21N3O2S. The van der Waals surface area contributed by atoms with Crippen molar-refractivity contribution in [2.75, 3.05) is 0 Å². The fourth-order valence-electron chi connectivity index (χ4n) is 3.67. The second-order valence-corrected chi connectivity index (χ2v) is 8.50. The summed E-state index contributed by atoms with van der Waals surface area (Å²) in [4.78, 5) is 28.3. The van der Waals surface area contributed by atoms with Crippen molar-refractivity contribution in [1.82, 2.24) is 9.13 Å². The predicted octanol–water partition coefficient (Wildman–Crippen LogP) is 4.00. The molecule has 5 nitrogen and oxygen atoms in total. The van der Waals surface area contributed by atoms with Crippen LogP contribution in [0.4, 0.5) is 0 Å². The molecule has 4 rings (SSSR count). The van der Waals surface area contributed by atoms with Gasteiger partial charge >= 0.3 is 5.69 Å². The molecule has 150 valence electrons. The molecule has 0 radical (unpaired) electrons. The average Bonchev–Trinajstić information content (AvgIpc) is 3.06. The molecule has 0 bridgehead atoms. The molecule has 0 saturated heterocycles. The molecule has 2 aromatic heterocycles. The number of hydrogen-bond acceptors (Lipinski definition) is 4. The van der Waals surface area contributed by atoms with E-state index in [0.717, 1.165) is 21.6 Å². The normalized spacial score (nSPS) is 11.0. The Morgan fingerprint density at radius 2 is 1.67 bits per heavy atom. The molecule has 0 N–H and O–H groups in total. The Morgan fingerprint density at radius 3 is 2.40 bits per heavy atom. The summed E-state index contributed by atoms with van der Waals surface area (Å²) in [5.74, 6) is 0. The molecule has 2 heterocycles. The zero-order chi connectivity index (χ0) is 21.3. The molecule has 2 aromatic carbocycles. The van der Waals surface area contributed by atoms with Crippen molar-refractivity contribution in [2.45, 2.75) is 33.4 Å². The molecule has 6 heteroatoms. The van der Waals surface area contributed by atoms with Crippen LogP contribution in [0.3, 0.4) is 0 Å². The van der Waals surface area contributed by atoms with Gasteiger partial charge in [-0.2, -0.15) is 5.26 Å². The van der Waals surface area contributed by atoms with Gasteiger partial charge < -0.3 is 0 Å². The molecule has 0 aliphatic heterocycles. The van der Waals surface area contributed by atoms with Crippen LogP contribution in [0.25, 0.3) is 10.2 Å². The van der Waals surface area contributed by atoms with Crippen molar-refractivity contribution in [2.24, 2.45) is 0 Å². The Kier molecular flexibility index (Phi) is 5.39. The molecule has 0 unspecified atom stereocenters. The van der Waals surface area contributed by atoms with Crippen LogP contribution >= 0.6 is 11.3 Å². The van der Waals surface area contributed by atoms with Crippen molar-refractivity contribution in [3.05, 3.63) is 103 Å². The molecule has 0 amide bonds. The smallest absolute Gasteiger partial charge is 0.280 e. The van der Waals surface area contributed by atoms with Crippen molar-refractivity contribution in [3.63, 3.8) is 0 Å². The quantitative estimate of drug-likeness (QED) is 0.495. The lowest BCUT2D eigenvalue weighted by atomic mass is 10.1. The van der Waals surface area contributed by atoms with E-state index in [4.69, 9.17) is 0 Å². The van der Waals surface area contributed by atoms with E-state index in [1.54, 1.807) is 16.7 Å². The number of hydrogen-bond donors (Lipinski definition) is 0. The van der Waals surface area contributed by atoms with Gasteiger partial charge in [0.2, 0.25) is 0 Å². The van der Waals surface area contributed by atoms with Crippen molar-refractivity contribution in [1.29, 1.82) is 5.26 Å². The van der Waals surface area contributed by atoms with Crippen LogP contribution < -0.4 is 11.2 Å². The third-order valence-electron chi connectivity index (χ3n) is 5.47. The van der Waals surface area contributed by atoms with Crippen LogP contribution in [-0.2, 0) is 19.5 Å². The highest BCUT2D eigenvalue weighted by Crippen LogP contribution is 2.27. The van der Waals surface area contributed by atoms with E-state index in [1.165, 1.54) is 15.9 Å². The monoisotopic (exact) mass is 415 g/mol. The number of benzene rings is 2. The number of nitrogens with zero attached hydrogens (tertiary/aromatic N) is 3. The van der Waals surface area contributed by atoms with Gasteiger partial charge in [0.25, 0.3) is 5.56 Å². The lowest BCUT2D eigenvalue weighted by Gasteiger charge is -2.13. The summed E-state index contributed by atoms with van der Waals surface area (Å²) in [5, 5.41) is 10.0. The summed E-state index contributed by atoms with van der Waals surface area (Å²) in [6, 6.07) is 19.3. The van der Waals surface area contributed by atoms with Gasteiger partial charge in [0, 0.05) is 11.4 Å². The lowest BCUT2D eigenvalue weighted by Crippen LogP contribution is -2.40. The fourth-order valence-corrected chi connectivity index (χ4v) is 4.81. The van der Waals surface area contributed by atoms with E-state index in [2.05, 4.69) is 6.07 Å². The van der Waals surface area contributed by atoms with Crippen LogP contribution in [0.15, 0.2) is 64.2 Å². The minimum Gasteiger partial charge on any atom is -0.280 e. The average molecular weight is 416 g/mol. The van der Waals surface area contributed by atoms with Crippen LogP contribution in [0.5, 0.6) is 0 Å². The standard InChI is InChI=1S/C24H21N3O2S/c1-16-17(2)30-23-21(16)22(28)26(13-12-18-8-4-3-5-9-18)24(29)27(23)15-20-11-7-6-10-19(20)14-25/h3-11H,12-13,15H2,1-2H3. The summed E-state index contributed by atoms with van der Waals surface area (Å²) >= 11 is 1.46. The SMILES string of the molecule is Cc1sc2c(c1C)c(=O)n(CCc1ccccc1)c(=O)n2Cc1ccccc1C#N. The summed E-state index contributed by atoms with van der Waals surface area (Å²) in [6.45, 7) is 4.46. The van der Waals surface area contributed by atoms with Crippen molar-refractivity contribution < 1.29 is 0 Å². The summed E-state index contributed by atoms with van der Waals surface area (Å²) in [5.41, 5.74) is 2.71. The first kappa shape index (κ1) is 19.9. The fraction of sp³-hybridized carbons (Fsp3) is 0.208. The Bertz CT molecular complexity index is 1390. The number of thiophene rings is 1. The Hall–Kier alpha value is -3.43. The first-order valence-corrected chi connectivity index (χ1v) is 10.6. The zero-order valence-electron chi connectivity index (χ0n) is 16.9. The van der Waals surface area contributed by atoms with E-state index >= 15 is 0 Å². The maximum atomic E-state index is 13.4. The minimum absolute atomic E-state index is 0.238. The largest absolute Gasteiger partial charge is 0.332 e. The number of nitriles is 1. The Balaban J connectivity index is 1.88. The van der Waals surface area contributed by atoms with Gasteiger partial charge in [-0.25, -0.2) is 4.79 Å². The van der Waals surface area contributed by atoms with Crippen LogP contribution in [0, 0.1) is 25.2 Å². The highest BCUT2D eigenvalue weighted by Gasteiger charge is 2.19. The number of aromatic nitrogens is 2. The molecule has 30 heavy (non-hydrogen) atoms. The highest BCUT2D eigenvalue weighted by atomic mass is 32.1. The molecule has 0 spiro atoms. The third-order valence-corrected chi connectivity index (χ3v) is 6.70. The topological polar surface area (TPSA) is 67.8 Å². The Morgan fingerprint density at radius 1 is 0.967 bits per heavy atom. The van der Waals surface area contributed by atoms with Gasteiger partial charge in [-0.15, -0.1) is 11.3 Å². The van der Waals surface area contributed by atoms with Gasteiger partial charge in [-0.05, 0) is 43.0 Å². The summed E-state index contributed by atoms with van der Waals surface area (Å²) in [6.07, 6.45) is 0.596. The molecule has 0 fully saturated rings. The maximum absolute atomic E-state index is 13.4. The number of rotatable bonds is 5. The van der Waals surface area contributed by atoms with Gasteiger partial charge in [-0.1, -0.05) is 48.5 Å². The lowest BCUT2D eigenvalue weighted by molar-refractivity contribution is 0.591. The zero-order valence-corrected chi connectivity index (χ0v) is 17.7. The Labute approximate surface area is 178 Å². The van der Waals surface area contributed by atoms with Crippen LogP contribution in [0.2, 0.25) is 0 Å². The van der Waals surface area contributed by atoms with Gasteiger partial charge in [0.15, 0.2) is 0 Å². The van der Waals surface area contributed by atoms with Crippen LogP contribution in [-0.4, -0.2) is 9.13 Å². The van der Waals surface area contributed by atoms with Crippen LogP contribution in [0.1, 0.15) is 27.1 Å². The molecule has 0 aliphatic rings. The van der Waals surface area contributed by atoms with Gasteiger partial charge in [-0.3, -0.25) is 13.9 Å². The second kappa shape index (κ2) is 8.13. The molecule has 0 atom stereocenters. The predicted molar refractivity (Wildman–Crippen MR) is 120 cm³/mol. The number of aryl methyl sites for hydroxylation is 3. The molecular weight excluding hydrogens is 394 g/mol.